The Labute approximate surface area is 138 Å². The highest BCUT2D eigenvalue weighted by atomic mass is 16.2. The van der Waals surface area contributed by atoms with Gasteiger partial charge in [0, 0.05) is 12.6 Å². The number of nitrogens with zero attached hydrogens (tertiary/aromatic N) is 1. The number of primary amides is 1. The molecule has 0 saturated carbocycles. The molecule has 1 aliphatic heterocycles. The average molecular weight is 317 g/mol. The number of nitrogens with one attached hydrogen (secondary N) is 1. The first-order chi connectivity index (χ1) is 11.0. The van der Waals surface area contributed by atoms with Gasteiger partial charge in [-0.2, -0.15) is 0 Å². The Kier molecular flexibility index (Phi) is 6.59. The average Bonchev–Trinajstić information content (AvgIpc) is 2.54. The van der Waals surface area contributed by atoms with E-state index in [9.17, 15) is 9.59 Å². The van der Waals surface area contributed by atoms with E-state index in [-0.39, 0.29) is 23.8 Å². The van der Waals surface area contributed by atoms with E-state index in [1.165, 1.54) is 5.56 Å². The Hall–Kier alpha value is -1.88. The summed E-state index contributed by atoms with van der Waals surface area (Å²) in [5.74, 6) is -0.353. The summed E-state index contributed by atoms with van der Waals surface area (Å²) in [6, 6.07) is 10.4. The van der Waals surface area contributed by atoms with E-state index in [4.69, 9.17) is 5.73 Å². The molecule has 1 fully saturated rings. The second-order valence-electron chi connectivity index (χ2n) is 6.47. The van der Waals surface area contributed by atoms with Crippen molar-refractivity contribution in [2.24, 2.45) is 11.7 Å². The lowest BCUT2D eigenvalue weighted by Crippen LogP contribution is -2.47. The molecule has 23 heavy (non-hydrogen) atoms. The van der Waals surface area contributed by atoms with Crippen LogP contribution in [0.15, 0.2) is 30.3 Å². The van der Waals surface area contributed by atoms with Crippen LogP contribution in [0.2, 0.25) is 0 Å². The number of carbonyl (C=O) groups is 2. The van der Waals surface area contributed by atoms with Crippen LogP contribution in [-0.2, 0) is 16.0 Å². The summed E-state index contributed by atoms with van der Waals surface area (Å²) in [5, 5.41) is 3.04. The molecule has 126 valence electrons. The minimum absolute atomic E-state index is 0.0238. The van der Waals surface area contributed by atoms with Crippen molar-refractivity contribution < 1.29 is 9.59 Å². The number of rotatable bonds is 7. The summed E-state index contributed by atoms with van der Waals surface area (Å²) in [6.07, 6.45) is 3.63. The molecule has 2 rings (SSSR count). The summed E-state index contributed by atoms with van der Waals surface area (Å²) in [6.45, 7) is 3.83. The monoisotopic (exact) mass is 317 g/mol. The number of nitrogens with two attached hydrogens (primary N) is 1. The van der Waals surface area contributed by atoms with Crippen molar-refractivity contribution in [3.63, 3.8) is 0 Å². The van der Waals surface area contributed by atoms with Crippen LogP contribution >= 0.6 is 0 Å². The lowest BCUT2D eigenvalue weighted by Gasteiger charge is -2.30. The minimum Gasteiger partial charge on any atom is -0.369 e. The van der Waals surface area contributed by atoms with Crippen molar-refractivity contribution in [1.29, 1.82) is 0 Å². The van der Waals surface area contributed by atoms with Gasteiger partial charge in [-0.3, -0.25) is 14.5 Å². The summed E-state index contributed by atoms with van der Waals surface area (Å²) in [5.41, 5.74) is 6.66. The van der Waals surface area contributed by atoms with Gasteiger partial charge in [-0.15, -0.1) is 0 Å². The van der Waals surface area contributed by atoms with Gasteiger partial charge in [-0.05, 0) is 44.7 Å². The van der Waals surface area contributed by atoms with Gasteiger partial charge in [0.1, 0.15) is 0 Å². The molecule has 3 N–H and O–H groups in total. The van der Waals surface area contributed by atoms with Crippen molar-refractivity contribution >= 4 is 11.8 Å². The molecule has 1 aromatic carbocycles. The van der Waals surface area contributed by atoms with E-state index in [1.54, 1.807) is 0 Å². The molecule has 0 spiro atoms. The van der Waals surface area contributed by atoms with E-state index < -0.39 is 0 Å². The van der Waals surface area contributed by atoms with Crippen LogP contribution in [0.1, 0.15) is 31.7 Å². The smallest absolute Gasteiger partial charge is 0.234 e. The highest BCUT2D eigenvalue weighted by Gasteiger charge is 2.25. The van der Waals surface area contributed by atoms with Gasteiger partial charge in [0.05, 0.1) is 12.5 Å². The molecule has 5 nitrogen and oxygen atoms in total. The lowest BCUT2D eigenvalue weighted by atomic mass is 9.97. The van der Waals surface area contributed by atoms with Gasteiger partial charge in [0.2, 0.25) is 11.8 Å². The molecule has 0 radical (unpaired) electrons. The van der Waals surface area contributed by atoms with Crippen molar-refractivity contribution in [3.8, 4) is 0 Å². The fourth-order valence-electron chi connectivity index (χ4n) is 3.05. The summed E-state index contributed by atoms with van der Waals surface area (Å²) in [7, 11) is 0. The maximum absolute atomic E-state index is 12.1. The van der Waals surface area contributed by atoms with Crippen molar-refractivity contribution in [2.75, 3.05) is 19.6 Å². The molecule has 0 aliphatic carbocycles. The zero-order valence-electron chi connectivity index (χ0n) is 13.8. The van der Waals surface area contributed by atoms with Crippen LogP contribution in [0.3, 0.4) is 0 Å². The molecule has 2 atom stereocenters. The fourth-order valence-corrected chi connectivity index (χ4v) is 3.05. The predicted molar refractivity (Wildman–Crippen MR) is 90.7 cm³/mol. The molecule has 0 aromatic heterocycles. The number of carbonyl (C=O) groups excluding carboxylic acids is 2. The standard InChI is InChI=1S/C18H27N3O2/c1-14(9-10-15-6-3-2-4-7-15)20-17(22)13-21-11-5-8-16(12-21)18(19)23/h2-4,6-7,14,16H,5,8-13H2,1H3,(H2,19,23)(H,20,22)/t14-,16+/m1/s1. The van der Waals surface area contributed by atoms with Crippen LogP contribution < -0.4 is 11.1 Å². The van der Waals surface area contributed by atoms with Crippen LogP contribution in [0.5, 0.6) is 0 Å². The Morgan fingerprint density at radius 2 is 2.09 bits per heavy atom. The quantitative estimate of drug-likeness (QED) is 0.796. The first-order valence-electron chi connectivity index (χ1n) is 8.39. The first-order valence-corrected chi connectivity index (χ1v) is 8.39. The van der Waals surface area contributed by atoms with Crippen molar-refractivity contribution in [2.45, 2.75) is 38.6 Å². The number of piperidine rings is 1. The molecule has 0 bridgehead atoms. The third kappa shape index (κ3) is 6.02. The summed E-state index contributed by atoms with van der Waals surface area (Å²) >= 11 is 0. The van der Waals surface area contributed by atoms with E-state index in [1.807, 2.05) is 30.0 Å². The Balaban J connectivity index is 1.70. The second-order valence-corrected chi connectivity index (χ2v) is 6.47. The van der Waals surface area contributed by atoms with Gasteiger partial charge < -0.3 is 11.1 Å². The Morgan fingerprint density at radius 1 is 1.35 bits per heavy atom. The summed E-state index contributed by atoms with van der Waals surface area (Å²) < 4.78 is 0. The van der Waals surface area contributed by atoms with E-state index in [2.05, 4.69) is 17.4 Å². The van der Waals surface area contributed by atoms with Crippen LogP contribution in [0.4, 0.5) is 0 Å². The number of hydrogen-bond donors (Lipinski definition) is 2. The Morgan fingerprint density at radius 3 is 2.78 bits per heavy atom. The predicted octanol–water partition coefficient (Wildman–Crippen LogP) is 1.32. The molecule has 5 heteroatoms. The third-order valence-electron chi connectivity index (χ3n) is 4.39. The first kappa shape index (κ1) is 17.5. The molecule has 0 unspecified atom stereocenters. The lowest BCUT2D eigenvalue weighted by molar-refractivity contribution is -0.127. The van der Waals surface area contributed by atoms with Gasteiger partial charge in [0.15, 0.2) is 0 Å². The number of likely N-dealkylation sites (tertiary alicyclic amines) is 1. The molecular weight excluding hydrogens is 290 g/mol. The molecule has 2 amide bonds. The highest BCUT2D eigenvalue weighted by molar-refractivity contribution is 5.79. The van der Waals surface area contributed by atoms with E-state index >= 15 is 0 Å². The van der Waals surface area contributed by atoms with Crippen molar-refractivity contribution in [1.82, 2.24) is 10.2 Å². The Bertz CT molecular complexity index is 518. The zero-order valence-corrected chi connectivity index (χ0v) is 13.8. The molecule has 1 heterocycles. The fraction of sp³-hybridized carbons (Fsp3) is 0.556. The normalized spacial score (nSPS) is 20.0. The van der Waals surface area contributed by atoms with E-state index in [0.717, 1.165) is 32.2 Å². The molecule has 1 aliphatic rings. The van der Waals surface area contributed by atoms with Gasteiger partial charge in [-0.1, -0.05) is 30.3 Å². The largest absolute Gasteiger partial charge is 0.369 e. The summed E-state index contributed by atoms with van der Waals surface area (Å²) in [4.78, 5) is 25.4. The maximum Gasteiger partial charge on any atom is 0.234 e. The number of benzene rings is 1. The van der Waals surface area contributed by atoms with Crippen molar-refractivity contribution in [3.05, 3.63) is 35.9 Å². The second kappa shape index (κ2) is 8.67. The highest BCUT2D eigenvalue weighted by Crippen LogP contribution is 2.15. The minimum atomic E-state index is -0.258. The molecule has 1 aromatic rings. The number of hydrogen-bond acceptors (Lipinski definition) is 3. The van der Waals surface area contributed by atoms with Crippen LogP contribution in [0.25, 0.3) is 0 Å². The molecule has 1 saturated heterocycles. The topological polar surface area (TPSA) is 75.4 Å². The van der Waals surface area contributed by atoms with Crippen LogP contribution in [0, 0.1) is 5.92 Å². The number of aryl methyl sites for hydroxylation is 1. The SMILES string of the molecule is C[C@H](CCc1ccccc1)NC(=O)CN1CCC[C@H](C(N)=O)C1. The zero-order chi connectivity index (χ0) is 16.7. The van der Waals surface area contributed by atoms with Gasteiger partial charge in [0.25, 0.3) is 0 Å². The third-order valence-corrected chi connectivity index (χ3v) is 4.39. The molecular formula is C18H27N3O2. The van der Waals surface area contributed by atoms with E-state index in [0.29, 0.717) is 13.1 Å². The van der Waals surface area contributed by atoms with Gasteiger partial charge in [-0.25, -0.2) is 0 Å². The van der Waals surface area contributed by atoms with Crippen LogP contribution in [-0.4, -0.2) is 42.4 Å². The van der Waals surface area contributed by atoms with Gasteiger partial charge >= 0.3 is 0 Å². The number of amides is 2. The maximum atomic E-state index is 12.1.